The van der Waals surface area contributed by atoms with Crippen molar-refractivity contribution >= 4 is 21.9 Å². The predicted octanol–water partition coefficient (Wildman–Crippen LogP) is 3.59. The molecular weight excluding hydrogens is 360 g/mol. The Bertz CT molecular complexity index is 542. The molecule has 1 fully saturated rings. The maximum Gasteiger partial charge on any atom is 0.387 e. The lowest BCUT2D eigenvalue weighted by Crippen LogP contribution is -2.42. The van der Waals surface area contributed by atoms with E-state index in [9.17, 15) is 18.7 Å². The Hall–Kier alpha value is -1.21. The number of ether oxygens (including phenoxy) is 1. The van der Waals surface area contributed by atoms with Gasteiger partial charge in [-0.25, -0.2) is 0 Å². The number of nitrogens with zero attached hydrogens (tertiary/aromatic N) is 1. The molecule has 0 aliphatic carbocycles. The second-order valence-corrected chi connectivity index (χ2v) is 6.53. The summed E-state index contributed by atoms with van der Waals surface area (Å²) in [7, 11) is 0. The third-order valence-corrected chi connectivity index (χ3v) is 4.36. The highest BCUT2D eigenvalue weighted by atomic mass is 79.9. The molecule has 1 saturated heterocycles. The van der Waals surface area contributed by atoms with Crippen LogP contribution in [0.3, 0.4) is 0 Å². The van der Waals surface area contributed by atoms with Crippen molar-refractivity contribution in [3.05, 3.63) is 28.2 Å². The second kappa shape index (κ2) is 7.37. The lowest BCUT2D eigenvalue weighted by Gasteiger charge is -2.35. The van der Waals surface area contributed by atoms with Gasteiger partial charge in [-0.05, 0) is 34.3 Å². The number of para-hydroxylation sites is 1. The molecule has 1 heterocycles. The number of rotatable bonds is 5. The summed E-state index contributed by atoms with van der Waals surface area (Å²) < 4.78 is 30.2. The summed E-state index contributed by atoms with van der Waals surface area (Å²) in [6.07, 6.45) is 0.644. The molecule has 0 radical (unpaired) electrons. The van der Waals surface area contributed by atoms with Crippen molar-refractivity contribution in [3.8, 4) is 5.75 Å². The molecule has 1 aliphatic heterocycles. The molecule has 0 bridgehead atoms. The first-order valence-electron chi connectivity index (χ1n) is 7.04. The number of halogens is 3. The monoisotopic (exact) mass is 377 g/mol. The van der Waals surface area contributed by atoms with Gasteiger partial charge in [0.2, 0.25) is 0 Å². The Kier molecular flexibility index (Phi) is 5.74. The van der Waals surface area contributed by atoms with Crippen molar-refractivity contribution in [2.45, 2.75) is 26.5 Å². The van der Waals surface area contributed by atoms with Crippen molar-refractivity contribution in [2.75, 3.05) is 13.1 Å². The van der Waals surface area contributed by atoms with Gasteiger partial charge in [0.25, 0.3) is 0 Å². The van der Waals surface area contributed by atoms with Crippen LogP contribution in [0.25, 0.3) is 0 Å². The smallest absolute Gasteiger partial charge is 0.387 e. The van der Waals surface area contributed by atoms with Gasteiger partial charge in [-0.2, -0.15) is 8.78 Å². The van der Waals surface area contributed by atoms with E-state index in [1.54, 1.807) is 18.2 Å². The van der Waals surface area contributed by atoms with Crippen molar-refractivity contribution in [1.29, 1.82) is 0 Å². The van der Waals surface area contributed by atoms with Crippen LogP contribution in [0.1, 0.15) is 18.9 Å². The van der Waals surface area contributed by atoms with Crippen LogP contribution in [-0.2, 0) is 11.3 Å². The number of benzene rings is 1. The first-order valence-corrected chi connectivity index (χ1v) is 7.83. The SMILES string of the molecule is CC1CC(C(=O)O)CN(Cc2cccc(Br)c2OC(F)F)C1. The van der Waals surface area contributed by atoms with Crippen LogP contribution in [0.2, 0.25) is 0 Å². The number of carboxylic acid groups (broad SMARTS) is 1. The number of carbonyl (C=O) groups is 1. The number of hydrogen-bond acceptors (Lipinski definition) is 3. The van der Waals surface area contributed by atoms with Gasteiger partial charge in [0.05, 0.1) is 10.4 Å². The summed E-state index contributed by atoms with van der Waals surface area (Å²) in [5, 5.41) is 9.20. The zero-order chi connectivity index (χ0) is 16.3. The average Bonchev–Trinajstić information content (AvgIpc) is 2.41. The first-order chi connectivity index (χ1) is 10.4. The molecule has 0 amide bonds. The molecule has 4 nitrogen and oxygen atoms in total. The zero-order valence-corrected chi connectivity index (χ0v) is 13.7. The van der Waals surface area contributed by atoms with E-state index >= 15 is 0 Å². The minimum Gasteiger partial charge on any atom is -0.481 e. The number of aliphatic carboxylic acids is 1. The standard InChI is InChI=1S/C15H18BrF2NO3/c1-9-5-11(14(20)21)8-19(6-9)7-10-3-2-4-12(16)13(10)22-15(17)18/h2-4,9,11,15H,5-8H2,1H3,(H,20,21). The molecular formula is C15H18BrF2NO3. The number of piperidine rings is 1. The normalized spacial score (nSPS) is 22.8. The van der Waals surface area contributed by atoms with Crippen LogP contribution in [0.15, 0.2) is 22.7 Å². The molecule has 2 unspecified atom stereocenters. The summed E-state index contributed by atoms with van der Waals surface area (Å²) in [5.41, 5.74) is 0.618. The Labute approximate surface area is 136 Å². The fourth-order valence-electron chi connectivity index (χ4n) is 2.91. The van der Waals surface area contributed by atoms with Gasteiger partial charge in [-0.1, -0.05) is 19.1 Å². The minimum absolute atomic E-state index is 0.114. The molecule has 0 saturated carbocycles. The van der Waals surface area contributed by atoms with E-state index in [2.05, 4.69) is 20.7 Å². The lowest BCUT2D eigenvalue weighted by molar-refractivity contribution is -0.144. The highest BCUT2D eigenvalue weighted by Crippen LogP contribution is 2.32. The van der Waals surface area contributed by atoms with Gasteiger partial charge in [-0.15, -0.1) is 0 Å². The fraction of sp³-hybridized carbons (Fsp3) is 0.533. The quantitative estimate of drug-likeness (QED) is 0.851. The molecule has 122 valence electrons. The van der Waals surface area contributed by atoms with Crippen LogP contribution >= 0.6 is 15.9 Å². The van der Waals surface area contributed by atoms with Crippen molar-refractivity contribution in [2.24, 2.45) is 11.8 Å². The van der Waals surface area contributed by atoms with E-state index in [-0.39, 0.29) is 11.7 Å². The molecule has 22 heavy (non-hydrogen) atoms. The van der Waals surface area contributed by atoms with Crippen LogP contribution in [0.5, 0.6) is 5.75 Å². The van der Waals surface area contributed by atoms with Crippen molar-refractivity contribution < 1.29 is 23.4 Å². The Morgan fingerprint density at radius 1 is 1.50 bits per heavy atom. The highest BCUT2D eigenvalue weighted by molar-refractivity contribution is 9.10. The summed E-state index contributed by atoms with van der Waals surface area (Å²) in [5.74, 6) is -0.866. The Morgan fingerprint density at radius 3 is 2.86 bits per heavy atom. The van der Waals surface area contributed by atoms with E-state index in [4.69, 9.17) is 0 Å². The van der Waals surface area contributed by atoms with Crippen LogP contribution in [0.4, 0.5) is 8.78 Å². The molecule has 1 aliphatic rings. The van der Waals surface area contributed by atoms with Gasteiger partial charge >= 0.3 is 12.6 Å². The van der Waals surface area contributed by atoms with Gasteiger partial charge < -0.3 is 9.84 Å². The maximum atomic E-state index is 12.6. The molecule has 1 aromatic rings. The van der Waals surface area contributed by atoms with Gasteiger partial charge in [0.15, 0.2) is 0 Å². The lowest BCUT2D eigenvalue weighted by atomic mass is 9.90. The molecule has 2 atom stereocenters. The van der Waals surface area contributed by atoms with Gasteiger partial charge in [0.1, 0.15) is 5.75 Å². The van der Waals surface area contributed by atoms with Gasteiger partial charge in [-0.3, -0.25) is 9.69 Å². The number of hydrogen-bond donors (Lipinski definition) is 1. The van der Waals surface area contributed by atoms with E-state index in [1.165, 1.54) is 0 Å². The topological polar surface area (TPSA) is 49.8 Å². The first kappa shape index (κ1) is 17.1. The second-order valence-electron chi connectivity index (χ2n) is 5.68. The van der Waals surface area contributed by atoms with Crippen molar-refractivity contribution in [3.63, 3.8) is 0 Å². The summed E-state index contributed by atoms with van der Waals surface area (Å²) in [4.78, 5) is 13.2. The highest BCUT2D eigenvalue weighted by Gasteiger charge is 2.30. The largest absolute Gasteiger partial charge is 0.481 e. The fourth-order valence-corrected chi connectivity index (χ4v) is 3.41. The summed E-state index contributed by atoms with van der Waals surface area (Å²) in [6, 6.07) is 5.11. The molecule has 0 aromatic heterocycles. The predicted molar refractivity (Wildman–Crippen MR) is 81.0 cm³/mol. The third-order valence-electron chi connectivity index (χ3n) is 3.73. The molecule has 1 N–H and O–H groups in total. The molecule has 1 aromatic carbocycles. The minimum atomic E-state index is -2.90. The average molecular weight is 378 g/mol. The molecule has 0 spiro atoms. The zero-order valence-electron chi connectivity index (χ0n) is 12.1. The van der Waals surface area contributed by atoms with E-state index in [1.807, 2.05) is 11.8 Å². The van der Waals surface area contributed by atoms with E-state index in [0.717, 1.165) is 6.54 Å². The number of carboxylic acids is 1. The summed E-state index contributed by atoms with van der Waals surface area (Å²) in [6.45, 7) is 0.643. The summed E-state index contributed by atoms with van der Waals surface area (Å²) >= 11 is 3.22. The van der Waals surface area contributed by atoms with Gasteiger partial charge in [0, 0.05) is 25.2 Å². The third kappa shape index (κ3) is 4.39. The van der Waals surface area contributed by atoms with E-state index in [0.29, 0.717) is 29.5 Å². The van der Waals surface area contributed by atoms with Crippen LogP contribution in [-0.4, -0.2) is 35.7 Å². The Morgan fingerprint density at radius 2 is 2.23 bits per heavy atom. The maximum absolute atomic E-state index is 12.6. The van der Waals surface area contributed by atoms with Crippen molar-refractivity contribution in [1.82, 2.24) is 4.90 Å². The molecule has 2 rings (SSSR count). The number of alkyl halides is 2. The molecule has 7 heteroatoms. The van der Waals surface area contributed by atoms with E-state index < -0.39 is 18.5 Å². The van der Waals surface area contributed by atoms with Crippen LogP contribution in [0, 0.1) is 11.8 Å². The number of likely N-dealkylation sites (tertiary alicyclic amines) is 1. The Balaban J connectivity index is 2.16. The van der Waals surface area contributed by atoms with Crippen LogP contribution < -0.4 is 4.74 Å².